The molecule has 3 N–H and O–H groups in total. The van der Waals surface area contributed by atoms with E-state index in [0.717, 1.165) is 23.9 Å². The molecule has 11 heteroatoms. The van der Waals surface area contributed by atoms with Gasteiger partial charge in [-0.2, -0.15) is 0 Å². The van der Waals surface area contributed by atoms with Crippen molar-refractivity contribution in [1.29, 1.82) is 0 Å². The minimum atomic E-state index is -4.08. The molecule has 0 spiro atoms. The molecule has 0 bridgehead atoms. The predicted molar refractivity (Wildman–Crippen MR) is 102 cm³/mol. The second kappa shape index (κ2) is 7.21. The van der Waals surface area contributed by atoms with Gasteiger partial charge in [0, 0.05) is 17.1 Å². The Morgan fingerprint density at radius 1 is 1.19 bits per heavy atom. The summed E-state index contributed by atoms with van der Waals surface area (Å²) in [4.78, 5) is 14.0. The Bertz CT molecular complexity index is 1110. The van der Waals surface area contributed by atoms with Gasteiger partial charge >= 0.3 is 5.69 Å². The fourth-order valence-corrected chi connectivity index (χ4v) is 4.00. The zero-order chi connectivity index (χ0) is 19.6. The number of phenols is 1. The largest absolute Gasteiger partial charge is 0.502 e. The average molecular weight is 406 g/mol. The topological polar surface area (TPSA) is 134 Å². The molecule has 9 nitrogen and oxygen atoms in total. The molecule has 0 aliphatic rings. The standard InChI is InChI=1S/C16H14N4O5S2/c1-10-9-26-16(17-10)18-11-3-2-4-12(7-11)19-27(24,25)13-5-6-15(21)14(8-13)20(22)23/h2-9,19,21H,1H3,(H,17,18). The minimum Gasteiger partial charge on any atom is -0.502 e. The van der Waals surface area contributed by atoms with Gasteiger partial charge in [0.15, 0.2) is 10.9 Å². The molecule has 27 heavy (non-hydrogen) atoms. The number of rotatable bonds is 6. The maximum Gasteiger partial charge on any atom is 0.312 e. The van der Waals surface area contributed by atoms with Crippen molar-refractivity contribution in [3.8, 4) is 5.75 Å². The second-order valence-electron chi connectivity index (χ2n) is 5.51. The van der Waals surface area contributed by atoms with Gasteiger partial charge in [-0.1, -0.05) is 6.07 Å². The van der Waals surface area contributed by atoms with Gasteiger partial charge in [0.1, 0.15) is 0 Å². The van der Waals surface area contributed by atoms with E-state index in [9.17, 15) is 23.6 Å². The smallest absolute Gasteiger partial charge is 0.312 e. The molecule has 0 radical (unpaired) electrons. The Kier molecular flexibility index (Phi) is 4.97. The molecule has 1 aromatic heterocycles. The van der Waals surface area contributed by atoms with Gasteiger partial charge in [-0.15, -0.1) is 11.3 Å². The highest BCUT2D eigenvalue weighted by atomic mass is 32.2. The number of aromatic nitrogens is 1. The number of hydrogen-bond acceptors (Lipinski definition) is 8. The van der Waals surface area contributed by atoms with Gasteiger partial charge in [0.05, 0.1) is 21.2 Å². The van der Waals surface area contributed by atoms with Gasteiger partial charge in [0.25, 0.3) is 10.0 Å². The molecule has 0 aliphatic heterocycles. The molecule has 3 aromatic rings. The number of phenolic OH excluding ortho intramolecular Hbond substituents is 1. The average Bonchev–Trinajstić information content (AvgIpc) is 2.99. The summed E-state index contributed by atoms with van der Waals surface area (Å²) in [5, 5.41) is 26.0. The summed E-state index contributed by atoms with van der Waals surface area (Å²) in [5.41, 5.74) is 1.07. The number of nitro benzene ring substituents is 1. The van der Waals surface area contributed by atoms with Crippen LogP contribution in [0.3, 0.4) is 0 Å². The summed E-state index contributed by atoms with van der Waals surface area (Å²) in [6.07, 6.45) is 0. The van der Waals surface area contributed by atoms with Gasteiger partial charge in [0.2, 0.25) is 0 Å². The Morgan fingerprint density at radius 2 is 1.93 bits per heavy atom. The van der Waals surface area contributed by atoms with Crippen molar-refractivity contribution in [2.24, 2.45) is 0 Å². The van der Waals surface area contributed by atoms with E-state index < -0.39 is 26.4 Å². The van der Waals surface area contributed by atoms with Crippen molar-refractivity contribution in [3.05, 3.63) is 63.7 Å². The van der Waals surface area contributed by atoms with Gasteiger partial charge in [-0.3, -0.25) is 14.8 Å². The molecule has 0 amide bonds. The first-order chi connectivity index (χ1) is 12.7. The number of sulfonamides is 1. The van der Waals surface area contributed by atoms with Crippen LogP contribution in [0.2, 0.25) is 0 Å². The minimum absolute atomic E-state index is 0.268. The Hall–Kier alpha value is -3.18. The third kappa shape index (κ3) is 4.33. The predicted octanol–water partition coefficient (Wildman–Crippen LogP) is 3.61. The zero-order valence-electron chi connectivity index (χ0n) is 13.9. The molecule has 0 atom stereocenters. The summed E-state index contributed by atoms with van der Waals surface area (Å²) in [6.45, 7) is 1.86. The molecule has 0 saturated heterocycles. The lowest BCUT2D eigenvalue weighted by molar-refractivity contribution is -0.386. The van der Waals surface area contributed by atoms with Crippen LogP contribution < -0.4 is 10.0 Å². The Balaban J connectivity index is 1.85. The molecule has 3 rings (SSSR count). The zero-order valence-corrected chi connectivity index (χ0v) is 15.5. The SMILES string of the molecule is Cc1csc(Nc2cccc(NS(=O)(=O)c3ccc(O)c([N+](=O)[O-])c3)c2)n1. The van der Waals surface area contributed by atoms with Crippen LogP contribution in [0.1, 0.15) is 5.69 Å². The maximum absolute atomic E-state index is 12.5. The number of benzene rings is 2. The number of aryl methyl sites for hydroxylation is 1. The van der Waals surface area contributed by atoms with Crippen LogP contribution >= 0.6 is 11.3 Å². The van der Waals surface area contributed by atoms with Crippen LogP contribution in [-0.4, -0.2) is 23.4 Å². The molecule has 2 aromatic carbocycles. The first-order valence-electron chi connectivity index (χ1n) is 7.54. The number of hydrogen-bond donors (Lipinski definition) is 3. The van der Waals surface area contributed by atoms with Crippen molar-refractivity contribution in [2.75, 3.05) is 10.0 Å². The Labute approximate surface area is 158 Å². The van der Waals surface area contributed by atoms with Crippen LogP contribution in [-0.2, 0) is 10.0 Å². The van der Waals surface area contributed by atoms with Crippen molar-refractivity contribution >= 4 is 43.6 Å². The third-order valence-electron chi connectivity index (χ3n) is 3.44. The van der Waals surface area contributed by atoms with Crippen LogP contribution in [0.5, 0.6) is 5.75 Å². The molecule has 0 saturated carbocycles. The van der Waals surface area contributed by atoms with Crippen molar-refractivity contribution in [1.82, 2.24) is 4.98 Å². The summed E-state index contributed by atoms with van der Waals surface area (Å²) < 4.78 is 27.4. The van der Waals surface area contributed by atoms with Gasteiger partial charge in [-0.05, 0) is 37.3 Å². The van der Waals surface area contributed by atoms with E-state index in [1.54, 1.807) is 24.3 Å². The van der Waals surface area contributed by atoms with E-state index in [-0.39, 0.29) is 10.6 Å². The van der Waals surface area contributed by atoms with E-state index in [1.807, 2.05) is 12.3 Å². The Morgan fingerprint density at radius 3 is 2.59 bits per heavy atom. The normalized spacial score (nSPS) is 11.1. The van der Waals surface area contributed by atoms with E-state index in [1.165, 1.54) is 11.3 Å². The molecule has 0 fully saturated rings. The lowest BCUT2D eigenvalue weighted by Gasteiger charge is -2.10. The summed E-state index contributed by atoms with van der Waals surface area (Å²) in [7, 11) is -4.08. The lowest BCUT2D eigenvalue weighted by Crippen LogP contribution is -2.13. The van der Waals surface area contributed by atoms with E-state index >= 15 is 0 Å². The lowest BCUT2D eigenvalue weighted by atomic mass is 10.3. The molecule has 1 heterocycles. The number of nitro groups is 1. The summed E-state index contributed by atoms with van der Waals surface area (Å²) in [5.74, 6) is -0.608. The summed E-state index contributed by atoms with van der Waals surface area (Å²) >= 11 is 1.42. The van der Waals surface area contributed by atoms with Crippen LogP contribution in [0.15, 0.2) is 52.7 Å². The van der Waals surface area contributed by atoms with E-state index in [4.69, 9.17) is 0 Å². The highest BCUT2D eigenvalue weighted by Gasteiger charge is 2.21. The third-order valence-corrected chi connectivity index (χ3v) is 5.69. The molecule has 0 unspecified atom stereocenters. The van der Waals surface area contributed by atoms with E-state index in [2.05, 4.69) is 15.0 Å². The number of thiazole rings is 1. The van der Waals surface area contributed by atoms with Gasteiger partial charge in [-0.25, -0.2) is 13.4 Å². The van der Waals surface area contributed by atoms with Crippen molar-refractivity contribution in [2.45, 2.75) is 11.8 Å². The molecule has 140 valence electrons. The molecular weight excluding hydrogens is 392 g/mol. The highest BCUT2D eigenvalue weighted by Crippen LogP contribution is 2.29. The molecular formula is C16H14N4O5S2. The maximum atomic E-state index is 12.5. The quantitative estimate of drug-likeness (QED) is 0.420. The first kappa shape index (κ1) is 18.6. The number of aromatic hydroxyl groups is 1. The van der Waals surface area contributed by atoms with Crippen LogP contribution in [0.4, 0.5) is 22.2 Å². The van der Waals surface area contributed by atoms with Crippen LogP contribution in [0.25, 0.3) is 0 Å². The molecule has 0 aliphatic carbocycles. The van der Waals surface area contributed by atoms with E-state index in [0.29, 0.717) is 10.8 Å². The van der Waals surface area contributed by atoms with Gasteiger partial charge < -0.3 is 10.4 Å². The number of nitrogens with zero attached hydrogens (tertiary/aromatic N) is 2. The highest BCUT2D eigenvalue weighted by molar-refractivity contribution is 7.92. The number of anilines is 3. The summed E-state index contributed by atoms with van der Waals surface area (Å²) in [6, 6.07) is 9.38. The van der Waals surface area contributed by atoms with Crippen molar-refractivity contribution in [3.63, 3.8) is 0 Å². The van der Waals surface area contributed by atoms with Crippen molar-refractivity contribution < 1.29 is 18.4 Å². The van der Waals surface area contributed by atoms with Crippen LogP contribution in [0, 0.1) is 17.0 Å². The monoisotopic (exact) mass is 406 g/mol. The fraction of sp³-hybridized carbons (Fsp3) is 0.0625. The second-order valence-corrected chi connectivity index (χ2v) is 8.05. The fourth-order valence-electron chi connectivity index (χ4n) is 2.23. The first-order valence-corrected chi connectivity index (χ1v) is 9.90. The number of nitrogens with one attached hydrogen (secondary N) is 2.